The summed E-state index contributed by atoms with van der Waals surface area (Å²) in [4.78, 5) is 33.3. The van der Waals surface area contributed by atoms with E-state index in [0.717, 1.165) is 22.0 Å². The van der Waals surface area contributed by atoms with Crippen LogP contribution in [0.5, 0.6) is 17.4 Å². The molecule has 0 atom stereocenters. The highest BCUT2D eigenvalue weighted by atomic mass is 32.2. The van der Waals surface area contributed by atoms with Crippen molar-refractivity contribution in [2.24, 2.45) is 7.05 Å². The van der Waals surface area contributed by atoms with E-state index in [2.05, 4.69) is 19.3 Å². The molecule has 3 aromatic carbocycles. The molecular formula is C38H38F3N5O7S. The molecule has 1 amide bonds. The zero-order chi connectivity index (χ0) is 38.5. The number of nitrogens with zero attached hydrogens (tertiary/aromatic N) is 4. The molecule has 12 nitrogen and oxygen atoms in total. The number of esters is 1. The second-order valence-electron chi connectivity index (χ2n) is 12.7. The number of aromatic nitrogens is 2. The Morgan fingerprint density at radius 2 is 1.56 bits per heavy atom. The average Bonchev–Trinajstić information content (AvgIpc) is 3.49. The summed E-state index contributed by atoms with van der Waals surface area (Å²) in [5.74, 6) is 0.427. The van der Waals surface area contributed by atoms with Crippen LogP contribution in [0.2, 0.25) is 0 Å². The van der Waals surface area contributed by atoms with Gasteiger partial charge < -0.3 is 23.7 Å². The second kappa shape index (κ2) is 16.2. The van der Waals surface area contributed by atoms with Crippen molar-refractivity contribution in [2.45, 2.75) is 30.5 Å². The molecule has 1 aliphatic rings. The van der Waals surface area contributed by atoms with E-state index in [9.17, 15) is 31.2 Å². The van der Waals surface area contributed by atoms with Crippen LogP contribution in [0.4, 0.5) is 18.9 Å². The number of pyridine rings is 1. The van der Waals surface area contributed by atoms with Gasteiger partial charge in [-0.15, -0.1) is 0 Å². The van der Waals surface area contributed by atoms with Crippen LogP contribution in [-0.4, -0.2) is 85.7 Å². The number of hydrogen-bond acceptors (Lipinski definition) is 9. The lowest BCUT2D eigenvalue weighted by atomic mass is 10.1. The minimum absolute atomic E-state index is 0.0590. The molecule has 0 bridgehead atoms. The highest BCUT2D eigenvalue weighted by molar-refractivity contribution is 7.92. The number of alkyl halides is 3. The summed E-state index contributed by atoms with van der Waals surface area (Å²) in [5.41, 5.74) is 3.28. The number of nitrogens with one attached hydrogen (secondary N) is 1. The minimum atomic E-state index is -4.39. The molecular weight excluding hydrogens is 728 g/mol. The number of ether oxygens (including phenoxy) is 3. The molecule has 2 aromatic heterocycles. The molecule has 5 aromatic rings. The van der Waals surface area contributed by atoms with Crippen molar-refractivity contribution in [2.75, 3.05) is 44.6 Å². The number of anilines is 1. The molecule has 54 heavy (non-hydrogen) atoms. The molecule has 1 saturated heterocycles. The average molecular weight is 766 g/mol. The standard InChI is InChI=1S/C38H38F3N5O7S/c1-44-33-22-31(53-35-15-9-29(23-42-35)43-54(49,50)32-13-5-26(6-14-32)7-16-36(47)51-2)12-8-28(33)21-34(44)37(48)46-19-17-45(18-20-46)24-27-3-10-30(11-4-27)52-25-38(39,40)41/h3-6,8-15,21-23,43H,7,16-20,24-25H2,1-2H3. The van der Waals surface area contributed by atoms with Crippen molar-refractivity contribution in [1.82, 2.24) is 19.4 Å². The first-order chi connectivity index (χ1) is 25.8. The van der Waals surface area contributed by atoms with Crippen LogP contribution in [0.3, 0.4) is 0 Å². The van der Waals surface area contributed by atoms with Gasteiger partial charge in [0.1, 0.15) is 17.2 Å². The number of piperazine rings is 1. The van der Waals surface area contributed by atoms with Crippen LogP contribution in [0.1, 0.15) is 28.0 Å². The smallest absolute Gasteiger partial charge is 0.422 e. The molecule has 0 radical (unpaired) electrons. The van der Waals surface area contributed by atoms with E-state index in [1.165, 1.54) is 43.6 Å². The Kier molecular flexibility index (Phi) is 11.4. The minimum Gasteiger partial charge on any atom is -0.484 e. The lowest BCUT2D eigenvalue weighted by Crippen LogP contribution is -2.48. The Hall–Kier alpha value is -5.61. The highest BCUT2D eigenvalue weighted by Gasteiger charge is 2.28. The topological polar surface area (TPSA) is 132 Å². The largest absolute Gasteiger partial charge is 0.484 e. The molecule has 3 heterocycles. The van der Waals surface area contributed by atoms with Gasteiger partial charge in [-0.3, -0.25) is 19.2 Å². The van der Waals surface area contributed by atoms with Gasteiger partial charge in [0.15, 0.2) is 6.61 Å². The zero-order valence-electron chi connectivity index (χ0n) is 29.5. The lowest BCUT2D eigenvalue weighted by Gasteiger charge is -2.34. The number of benzene rings is 3. The SMILES string of the molecule is COC(=O)CCc1ccc(S(=O)(=O)Nc2ccc(Oc3ccc4cc(C(=O)N5CCN(Cc6ccc(OCC(F)(F)F)cc6)CC5)n(C)c4c3)nc2)cc1. The highest BCUT2D eigenvalue weighted by Crippen LogP contribution is 2.29. The molecule has 6 rings (SSSR count). The maximum Gasteiger partial charge on any atom is 0.422 e. The summed E-state index contributed by atoms with van der Waals surface area (Å²) in [6, 6.07) is 23.1. The molecule has 284 valence electrons. The first-order valence-corrected chi connectivity index (χ1v) is 18.5. The van der Waals surface area contributed by atoms with Crippen LogP contribution < -0.4 is 14.2 Å². The van der Waals surface area contributed by atoms with E-state index in [0.29, 0.717) is 50.6 Å². The van der Waals surface area contributed by atoms with E-state index in [1.54, 1.807) is 47.4 Å². The van der Waals surface area contributed by atoms with E-state index in [-0.39, 0.29) is 40.5 Å². The maximum absolute atomic E-state index is 13.6. The molecule has 0 aliphatic carbocycles. The summed E-state index contributed by atoms with van der Waals surface area (Å²) in [5, 5.41) is 0.851. The van der Waals surface area contributed by atoms with Crippen LogP contribution in [0.25, 0.3) is 10.9 Å². The summed E-state index contributed by atoms with van der Waals surface area (Å²) in [6.07, 6.45) is -2.42. The summed E-state index contributed by atoms with van der Waals surface area (Å²) >= 11 is 0. The molecule has 16 heteroatoms. The van der Waals surface area contributed by atoms with E-state index < -0.39 is 22.8 Å². The van der Waals surface area contributed by atoms with Gasteiger partial charge in [-0.1, -0.05) is 24.3 Å². The second-order valence-corrected chi connectivity index (χ2v) is 14.4. The number of carbonyl (C=O) groups excluding carboxylic acids is 2. The van der Waals surface area contributed by atoms with E-state index in [1.807, 2.05) is 23.7 Å². The monoisotopic (exact) mass is 765 g/mol. The molecule has 0 spiro atoms. The van der Waals surface area contributed by atoms with Gasteiger partial charge in [-0.25, -0.2) is 13.4 Å². The fourth-order valence-electron chi connectivity index (χ4n) is 5.98. The third-order valence-electron chi connectivity index (χ3n) is 8.92. The molecule has 0 unspecified atom stereocenters. The lowest BCUT2D eigenvalue weighted by molar-refractivity contribution is -0.153. The molecule has 0 saturated carbocycles. The third kappa shape index (κ3) is 9.68. The number of sulfonamides is 1. The van der Waals surface area contributed by atoms with Crippen molar-refractivity contribution in [3.8, 4) is 17.4 Å². The number of carbonyl (C=O) groups is 2. The van der Waals surface area contributed by atoms with Crippen molar-refractivity contribution in [3.63, 3.8) is 0 Å². The van der Waals surface area contributed by atoms with Crippen molar-refractivity contribution >= 4 is 38.5 Å². The number of rotatable bonds is 13. The normalized spacial score (nSPS) is 13.8. The summed E-state index contributed by atoms with van der Waals surface area (Å²) in [7, 11) is -0.764. The van der Waals surface area contributed by atoms with Crippen LogP contribution in [0.15, 0.2) is 96.0 Å². The predicted molar refractivity (Wildman–Crippen MR) is 194 cm³/mol. The number of aryl methyl sites for hydroxylation is 2. The number of amides is 1. The first-order valence-electron chi connectivity index (χ1n) is 17.0. The van der Waals surface area contributed by atoms with E-state index >= 15 is 0 Å². The van der Waals surface area contributed by atoms with Crippen LogP contribution in [-0.2, 0) is 39.6 Å². The van der Waals surface area contributed by atoms with Gasteiger partial charge in [0.2, 0.25) is 5.88 Å². The third-order valence-corrected chi connectivity index (χ3v) is 10.3. The van der Waals surface area contributed by atoms with Crippen molar-refractivity contribution in [3.05, 3.63) is 108 Å². The number of methoxy groups -OCH3 is 1. The Morgan fingerprint density at radius 1 is 0.870 bits per heavy atom. The molecule has 1 aliphatic heterocycles. The van der Waals surface area contributed by atoms with E-state index in [4.69, 9.17) is 9.47 Å². The Bertz CT molecular complexity index is 2200. The Morgan fingerprint density at radius 3 is 2.20 bits per heavy atom. The number of halogens is 3. The number of hydrogen-bond donors (Lipinski definition) is 1. The quantitative estimate of drug-likeness (QED) is 0.140. The maximum atomic E-state index is 13.6. The molecule has 1 fully saturated rings. The van der Waals surface area contributed by atoms with Gasteiger partial charge in [-0.2, -0.15) is 13.2 Å². The van der Waals surface area contributed by atoms with Gasteiger partial charge in [0.25, 0.3) is 15.9 Å². The Balaban J connectivity index is 1.02. The fourth-order valence-corrected chi connectivity index (χ4v) is 7.03. The van der Waals surface area contributed by atoms with Crippen molar-refractivity contribution in [1.29, 1.82) is 0 Å². The number of fused-ring (bicyclic) bond motifs is 1. The predicted octanol–water partition coefficient (Wildman–Crippen LogP) is 6.17. The van der Waals surface area contributed by atoms with Gasteiger partial charge in [0.05, 0.1) is 29.4 Å². The first kappa shape index (κ1) is 38.1. The van der Waals surface area contributed by atoms with Gasteiger partial charge in [-0.05, 0) is 66.1 Å². The van der Waals surface area contributed by atoms with Gasteiger partial charge >= 0.3 is 12.1 Å². The summed E-state index contributed by atoms with van der Waals surface area (Å²) < 4.78 is 82.8. The zero-order valence-corrected chi connectivity index (χ0v) is 30.3. The van der Waals surface area contributed by atoms with Gasteiger partial charge in [0, 0.05) is 63.7 Å². The fraction of sp³-hybridized carbons (Fsp3) is 0.289. The van der Waals surface area contributed by atoms with Crippen LogP contribution >= 0.6 is 0 Å². The molecule has 1 N–H and O–H groups in total. The van der Waals surface area contributed by atoms with Crippen LogP contribution in [0, 0.1) is 0 Å². The Labute approximate surface area is 310 Å². The summed E-state index contributed by atoms with van der Waals surface area (Å²) in [6.45, 7) is 1.58. The van der Waals surface area contributed by atoms with Crippen molar-refractivity contribution < 1.29 is 45.4 Å².